The number of aromatic nitrogens is 2. The number of nitrogens with one attached hydrogen (secondary N) is 2. The zero-order valence-electron chi connectivity index (χ0n) is 8.82. The van der Waals surface area contributed by atoms with Gasteiger partial charge in [0.05, 0.1) is 5.56 Å². The molecule has 0 atom stereocenters. The van der Waals surface area contributed by atoms with Crippen LogP contribution in [0.2, 0.25) is 0 Å². The minimum Gasteiger partial charge on any atom is -0.398 e. The minimum atomic E-state index is -0.267. The number of carbonyl (C=O) groups is 1. The Morgan fingerprint density at radius 1 is 1.50 bits per heavy atom. The van der Waals surface area contributed by atoms with Crippen LogP contribution in [0.1, 0.15) is 15.9 Å². The van der Waals surface area contributed by atoms with Crippen molar-refractivity contribution in [3.8, 4) is 0 Å². The van der Waals surface area contributed by atoms with E-state index in [1.54, 1.807) is 24.5 Å². The molecule has 0 aliphatic carbocycles. The summed E-state index contributed by atoms with van der Waals surface area (Å²) in [5, 5.41) is 2.62. The van der Waals surface area contributed by atoms with Crippen LogP contribution in [0.4, 0.5) is 11.6 Å². The molecule has 0 fully saturated rings. The lowest BCUT2D eigenvalue weighted by Gasteiger charge is -2.06. The number of amides is 1. The number of hydrogen-bond acceptors (Lipinski definition) is 3. The van der Waals surface area contributed by atoms with Crippen LogP contribution in [-0.2, 0) is 0 Å². The van der Waals surface area contributed by atoms with Crippen LogP contribution in [-0.4, -0.2) is 15.9 Å². The maximum absolute atomic E-state index is 11.8. The molecular formula is C11H12N4O. The third kappa shape index (κ3) is 2.03. The van der Waals surface area contributed by atoms with Gasteiger partial charge in [-0.3, -0.25) is 10.1 Å². The topological polar surface area (TPSA) is 83.8 Å². The number of aryl methyl sites for hydroxylation is 1. The van der Waals surface area contributed by atoms with Gasteiger partial charge < -0.3 is 10.7 Å². The van der Waals surface area contributed by atoms with Gasteiger partial charge in [-0.1, -0.05) is 11.6 Å². The van der Waals surface area contributed by atoms with E-state index in [0.717, 1.165) is 5.56 Å². The third-order valence-electron chi connectivity index (χ3n) is 2.18. The number of hydrogen-bond donors (Lipinski definition) is 3. The fourth-order valence-corrected chi connectivity index (χ4v) is 1.38. The second-order valence-electron chi connectivity index (χ2n) is 3.48. The van der Waals surface area contributed by atoms with Crippen molar-refractivity contribution in [2.45, 2.75) is 6.92 Å². The van der Waals surface area contributed by atoms with Gasteiger partial charge in [0.25, 0.3) is 5.91 Å². The molecule has 2 rings (SSSR count). The summed E-state index contributed by atoms with van der Waals surface area (Å²) >= 11 is 0. The largest absolute Gasteiger partial charge is 0.398 e. The first kappa shape index (κ1) is 10.2. The highest BCUT2D eigenvalue weighted by Gasteiger charge is 2.10. The molecule has 0 saturated carbocycles. The Morgan fingerprint density at radius 2 is 2.31 bits per heavy atom. The molecule has 2 aromatic rings. The van der Waals surface area contributed by atoms with Crippen LogP contribution in [0.15, 0.2) is 30.6 Å². The van der Waals surface area contributed by atoms with Crippen molar-refractivity contribution in [3.63, 3.8) is 0 Å². The van der Waals surface area contributed by atoms with E-state index in [9.17, 15) is 4.79 Å². The Hall–Kier alpha value is -2.30. The molecule has 1 heterocycles. The summed E-state index contributed by atoms with van der Waals surface area (Å²) in [6.07, 6.45) is 3.20. The molecule has 16 heavy (non-hydrogen) atoms. The van der Waals surface area contributed by atoms with E-state index in [1.807, 2.05) is 13.0 Å². The molecule has 5 nitrogen and oxygen atoms in total. The third-order valence-corrected chi connectivity index (χ3v) is 2.18. The van der Waals surface area contributed by atoms with E-state index >= 15 is 0 Å². The molecule has 0 radical (unpaired) electrons. The molecule has 0 aliphatic rings. The van der Waals surface area contributed by atoms with E-state index in [0.29, 0.717) is 17.2 Å². The maximum atomic E-state index is 11.8. The van der Waals surface area contributed by atoms with E-state index < -0.39 is 0 Å². The molecule has 1 aromatic heterocycles. The van der Waals surface area contributed by atoms with Crippen molar-refractivity contribution in [2.24, 2.45) is 0 Å². The van der Waals surface area contributed by atoms with Gasteiger partial charge in [0.2, 0.25) is 5.95 Å². The summed E-state index contributed by atoms with van der Waals surface area (Å²) in [6.45, 7) is 1.91. The van der Waals surface area contributed by atoms with Crippen molar-refractivity contribution in [3.05, 3.63) is 41.7 Å². The molecule has 0 spiro atoms. The van der Waals surface area contributed by atoms with Crippen molar-refractivity contribution >= 4 is 17.5 Å². The Labute approximate surface area is 92.7 Å². The monoisotopic (exact) mass is 216 g/mol. The lowest BCUT2D eigenvalue weighted by atomic mass is 10.1. The van der Waals surface area contributed by atoms with Gasteiger partial charge in [-0.2, -0.15) is 0 Å². The summed E-state index contributed by atoms with van der Waals surface area (Å²) in [4.78, 5) is 18.5. The summed E-state index contributed by atoms with van der Waals surface area (Å²) < 4.78 is 0. The highest BCUT2D eigenvalue weighted by atomic mass is 16.1. The molecule has 5 heteroatoms. The van der Waals surface area contributed by atoms with Crippen LogP contribution in [0, 0.1) is 6.92 Å². The normalized spacial score (nSPS) is 10.1. The van der Waals surface area contributed by atoms with E-state index in [-0.39, 0.29) is 5.91 Å². The van der Waals surface area contributed by atoms with E-state index in [1.165, 1.54) is 0 Å². The number of aromatic amines is 1. The summed E-state index contributed by atoms with van der Waals surface area (Å²) in [6, 6.07) is 5.32. The Morgan fingerprint density at radius 3 is 3.00 bits per heavy atom. The quantitative estimate of drug-likeness (QED) is 0.666. The highest BCUT2D eigenvalue weighted by Crippen LogP contribution is 2.14. The fourth-order valence-electron chi connectivity index (χ4n) is 1.38. The van der Waals surface area contributed by atoms with Gasteiger partial charge in [0.15, 0.2) is 0 Å². The maximum Gasteiger partial charge on any atom is 0.260 e. The molecule has 1 aromatic carbocycles. The minimum absolute atomic E-state index is 0.267. The van der Waals surface area contributed by atoms with Crippen LogP contribution < -0.4 is 11.1 Å². The first-order chi connectivity index (χ1) is 7.66. The predicted molar refractivity (Wildman–Crippen MR) is 62.1 cm³/mol. The molecular weight excluding hydrogens is 204 g/mol. The second-order valence-corrected chi connectivity index (χ2v) is 3.48. The van der Waals surface area contributed by atoms with Crippen molar-refractivity contribution < 1.29 is 4.79 Å². The summed E-state index contributed by atoms with van der Waals surface area (Å²) in [5.74, 6) is 0.141. The predicted octanol–water partition coefficient (Wildman–Crippen LogP) is 1.55. The molecule has 1 amide bonds. The summed E-state index contributed by atoms with van der Waals surface area (Å²) in [7, 11) is 0. The van der Waals surface area contributed by atoms with Gasteiger partial charge in [-0.05, 0) is 19.1 Å². The van der Waals surface area contributed by atoms with Crippen molar-refractivity contribution in [2.75, 3.05) is 11.1 Å². The molecule has 4 N–H and O–H groups in total. The molecule has 0 bridgehead atoms. The standard InChI is InChI=1S/C11H12N4O/c1-7-2-3-9(12)8(6-7)10(16)15-11-13-4-5-14-11/h2-6H,12H2,1H3,(H2,13,14,15,16). The number of benzene rings is 1. The fraction of sp³-hybridized carbons (Fsp3) is 0.0909. The number of rotatable bonds is 2. The second kappa shape index (κ2) is 4.06. The Kier molecular flexibility index (Phi) is 2.59. The van der Waals surface area contributed by atoms with Gasteiger partial charge in [0.1, 0.15) is 0 Å². The number of nitrogens with zero attached hydrogens (tertiary/aromatic N) is 1. The number of nitrogens with two attached hydrogens (primary N) is 1. The summed E-state index contributed by atoms with van der Waals surface area (Å²) in [5.41, 5.74) is 7.62. The highest BCUT2D eigenvalue weighted by molar-refractivity contribution is 6.07. The molecule has 82 valence electrons. The number of anilines is 2. The Bertz CT molecular complexity index is 505. The van der Waals surface area contributed by atoms with Crippen molar-refractivity contribution in [1.29, 1.82) is 0 Å². The van der Waals surface area contributed by atoms with Crippen LogP contribution in [0.5, 0.6) is 0 Å². The SMILES string of the molecule is Cc1ccc(N)c(C(=O)Nc2ncc[nH]2)c1. The van der Waals surface area contributed by atoms with Crippen LogP contribution in [0.3, 0.4) is 0 Å². The van der Waals surface area contributed by atoms with E-state index in [4.69, 9.17) is 5.73 Å². The average Bonchev–Trinajstić information content (AvgIpc) is 2.74. The van der Waals surface area contributed by atoms with Crippen LogP contribution in [0.25, 0.3) is 0 Å². The van der Waals surface area contributed by atoms with Crippen LogP contribution >= 0.6 is 0 Å². The first-order valence-electron chi connectivity index (χ1n) is 4.83. The first-order valence-corrected chi connectivity index (χ1v) is 4.83. The number of H-pyrrole nitrogens is 1. The Balaban J connectivity index is 2.24. The zero-order valence-corrected chi connectivity index (χ0v) is 8.82. The zero-order chi connectivity index (χ0) is 11.5. The molecule has 0 saturated heterocycles. The smallest absolute Gasteiger partial charge is 0.260 e. The number of carbonyl (C=O) groups excluding carboxylic acids is 1. The van der Waals surface area contributed by atoms with Gasteiger partial charge in [0, 0.05) is 18.1 Å². The average molecular weight is 216 g/mol. The lowest BCUT2D eigenvalue weighted by Crippen LogP contribution is -2.15. The molecule has 0 aliphatic heterocycles. The van der Waals surface area contributed by atoms with Crippen molar-refractivity contribution in [1.82, 2.24) is 9.97 Å². The van der Waals surface area contributed by atoms with Gasteiger partial charge in [-0.15, -0.1) is 0 Å². The lowest BCUT2D eigenvalue weighted by molar-refractivity contribution is 0.102. The van der Waals surface area contributed by atoms with E-state index in [2.05, 4.69) is 15.3 Å². The van der Waals surface area contributed by atoms with Gasteiger partial charge in [-0.25, -0.2) is 4.98 Å². The number of nitrogen functional groups attached to an aromatic ring is 1. The van der Waals surface area contributed by atoms with Gasteiger partial charge >= 0.3 is 0 Å². The number of imidazole rings is 1. The molecule has 0 unspecified atom stereocenters.